The molecule has 3 nitrogen and oxygen atoms in total. The Kier molecular flexibility index (Phi) is 2.77. The third kappa shape index (κ3) is 2.42. The Balaban J connectivity index is 1.79. The number of hydrogen-bond acceptors (Lipinski definition) is 3. The zero-order valence-electron chi connectivity index (χ0n) is 7.66. The van der Waals surface area contributed by atoms with E-state index in [2.05, 4.69) is 15.6 Å². The van der Waals surface area contributed by atoms with Crippen molar-refractivity contribution in [1.29, 1.82) is 0 Å². The average molecular weight is 177 g/mol. The van der Waals surface area contributed by atoms with Gasteiger partial charge in [-0.2, -0.15) is 0 Å². The van der Waals surface area contributed by atoms with Crippen LogP contribution in [0.15, 0.2) is 24.5 Å². The molecule has 0 bridgehead atoms. The molecule has 1 aliphatic heterocycles. The van der Waals surface area contributed by atoms with Crippen LogP contribution in [0.4, 0.5) is 5.69 Å². The summed E-state index contributed by atoms with van der Waals surface area (Å²) in [4.78, 5) is 3.97. The first-order chi connectivity index (χ1) is 6.45. The molecule has 1 unspecified atom stereocenters. The van der Waals surface area contributed by atoms with Crippen molar-refractivity contribution in [3.05, 3.63) is 24.5 Å². The predicted octanol–water partition coefficient (Wildman–Crippen LogP) is 1.10. The number of aromatic nitrogens is 1. The Bertz CT molecular complexity index is 242. The largest absolute Gasteiger partial charge is 0.385 e. The van der Waals surface area contributed by atoms with Crippen molar-refractivity contribution in [3.8, 4) is 0 Å². The van der Waals surface area contributed by atoms with Gasteiger partial charge in [-0.15, -0.1) is 0 Å². The molecule has 1 atom stereocenters. The van der Waals surface area contributed by atoms with Crippen LogP contribution in [-0.2, 0) is 0 Å². The normalized spacial score (nSPS) is 21.7. The van der Waals surface area contributed by atoms with Gasteiger partial charge in [0.15, 0.2) is 0 Å². The minimum absolute atomic E-state index is 0.785. The number of pyridine rings is 1. The third-order valence-electron chi connectivity index (χ3n) is 2.44. The van der Waals surface area contributed by atoms with Gasteiger partial charge in [0, 0.05) is 24.6 Å². The maximum absolute atomic E-state index is 3.97. The Morgan fingerprint density at radius 2 is 2.31 bits per heavy atom. The molecular formula is C10H15N3. The fourth-order valence-electron chi connectivity index (χ4n) is 1.62. The van der Waals surface area contributed by atoms with Crippen molar-refractivity contribution in [2.24, 2.45) is 5.92 Å². The SMILES string of the molecule is c1cc(NCC2CCNC2)ccn1. The molecule has 2 heterocycles. The van der Waals surface area contributed by atoms with Crippen molar-refractivity contribution >= 4 is 5.69 Å². The van der Waals surface area contributed by atoms with Gasteiger partial charge in [-0.1, -0.05) is 0 Å². The topological polar surface area (TPSA) is 37.0 Å². The van der Waals surface area contributed by atoms with Crippen molar-refractivity contribution < 1.29 is 0 Å². The van der Waals surface area contributed by atoms with Crippen LogP contribution >= 0.6 is 0 Å². The Hall–Kier alpha value is -1.09. The summed E-state index contributed by atoms with van der Waals surface area (Å²) in [5.41, 5.74) is 1.17. The molecular weight excluding hydrogens is 162 g/mol. The lowest BCUT2D eigenvalue weighted by molar-refractivity contribution is 0.615. The van der Waals surface area contributed by atoms with Gasteiger partial charge in [-0.3, -0.25) is 4.98 Å². The fourth-order valence-corrected chi connectivity index (χ4v) is 1.62. The zero-order chi connectivity index (χ0) is 8.93. The lowest BCUT2D eigenvalue weighted by atomic mass is 10.1. The molecule has 0 radical (unpaired) electrons. The highest BCUT2D eigenvalue weighted by atomic mass is 14.9. The van der Waals surface area contributed by atoms with E-state index in [0.29, 0.717) is 0 Å². The Morgan fingerprint density at radius 3 is 3.00 bits per heavy atom. The van der Waals surface area contributed by atoms with Crippen molar-refractivity contribution in [1.82, 2.24) is 10.3 Å². The fraction of sp³-hybridized carbons (Fsp3) is 0.500. The van der Waals surface area contributed by atoms with Crippen LogP contribution in [0, 0.1) is 5.92 Å². The van der Waals surface area contributed by atoms with E-state index < -0.39 is 0 Å². The molecule has 0 spiro atoms. The van der Waals surface area contributed by atoms with Crippen LogP contribution in [0.3, 0.4) is 0 Å². The Morgan fingerprint density at radius 1 is 1.46 bits per heavy atom. The first kappa shape index (κ1) is 8.51. The van der Waals surface area contributed by atoms with Gasteiger partial charge < -0.3 is 10.6 Å². The van der Waals surface area contributed by atoms with Gasteiger partial charge in [0.25, 0.3) is 0 Å². The molecule has 0 saturated carbocycles. The lowest BCUT2D eigenvalue weighted by Crippen LogP contribution is -2.17. The summed E-state index contributed by atoms with van der Waals surface area (Å²) in [6.07, 6.45) is 4.92. The molecule has 1 fully saturated rings. The van der Waals surface area contributed by atoms with Gasteiger partial charge in [0.1, 0.15) is 0 Å². The maximum atomic E-state index is 3.97. The first-order valence-electron chi connectivity index (χ1n) is 4.80. The summed E-state index contributed by atoms with van der Waals surface area (Å²) in [7, 11) is 0. The number of nitrogens with one attached hydrogen (secondary N) is 2. The predicted molar refractivity (Wildman–Crippen MR) is 53.7 cm³/mol. The standard InChI is InChI=1S/C10H15N3/c1-4-12-7-9(1)8-13-10-2-5-11-6-3-10/h2-3,5-6,9,12H,1,4,7-8H2,(H,11,13). The number of nitrogens with zero attached hydrogens (tertiary/aromatic N) is 1. The monoisotopic (exact) mass is 177 g/mol. The summed E-state index contributed by atoms with van der Waals surface area (Å²) in [5, 5.41) is 6.76. The molecule has 0 aliphatic carbocycles. The highest BCUT2D eigenvalue weighted by molar-refractivity contribution is 5.40. The van der Waals surface area contributed by atoms with Gasteiger partial charge in [-0.05, 0) is 37.6 Å². The first-order valence-corrected chi connectivity index (χ1v) is 4.80. The van der Waals surface area contributed by atoms with E-state index >= 15 is 0 Å². The van der Waals surface area contributed by atoms with E-state index in [4.69, 9.17) is 0 Å². The Labute approximate surface area is 78.6 Å². The third-order valence-corrected chi connectivity index (χ3v) is 2.44. The van der Waals surface area contributed by atoms with E-state index in [1.165, 1.54) is 18.7 Å². The molecule has 1 aliphatic rings. The van der Waals surface area contributed by atoms with Crippen molar-refractivity contribution in [2.75, 3.05) is 25.0 Å². The van der Waals surface area contributed by atoms with Crippen molar-refractivity contribution in [2.45, 2.75) is 6.42 Å². The van der Waals surface area contributed by atoms with Crippen LogP contribution in [0.2, 0.25) is 0 Å². The van der Waals surface area contributed by atoms with Crippen LogP contribution in [0.1, 0.15) is 6.42 Å². The van der Waals surface area contributed by atoms with E-state index in [-0.39, 0.29) is 0 Å². The van der Waals surface area contributed by atoms with E-state index in [0.717, 1.165) is 19.0 Å². The molecule has 13 heavy (non-hydrogen) atoms. The van der Waals surface area contributed by atoms with Crippen LogP contribution in [-0.4, -0.2) is 24.6 Å². The molecule has 1 aromatic rings. The van der Waals surface area contributed by atoms with Gasteiger partial charge in [-0.25, -0.2) is 0 Å². The average Bonchev–Trinajstić information content (AvgIpc) is 2.69. The maximum Gasteiger partial charge on any atom is 0.0371 e. The van der Waals surface area contributed by atoms with Crippen molar-refractivity contribution in [3.63, 3.8) is 0 Å². The molecule has 1 aromatic heterocycles. The van der Waals surface area contributed by atoms with Crippen LogP contribution in [0.25, 0.3) is 0 Å². The molecule has 0 amide bonds. The smallest absolute Gasteiger partial charge is 0.0371 e. The number of anilines is 1. The summed E-state index contributed by atoms with van der Waals surface area (Å²) in [6, 6.07) is 4.00. The summed E-state index contributed by atoms with van der Waals surface area (Å²) >= 11 is 0. The van der Waals surface area contributed by atoms with Gasteiger partial charge in [0.05, 0.1) is 0 Å². The van der Waals surface area contributed by atoms with E-state index in [1.807, 2.05) is 24.5 Å². The van der Waals surface area contributed by atoms with Crippen LogP contribution < -0.4 is 10.6 Å². The van der Waals surface area contributed by atoms with E-state index in [9.17, 15) is 0 Å². The van der Waals surface area contributed by atoms with Gasteiger partial charge >= 0.3 is 0 Å². The minimum Gasteiger partial charge on any atom is -0.385 e. The van der Waals surface area contributed by atoms with Gasteiger partial charge in [0.2, 0.25) is 0 Å². The zero-order valence-corrected chi connectivity index (χ0v) is 7.66. The molecule has 3 heteroatoms. The molecule has 2 rings (SSSR count). The lowest BCUT2D eigenvalue weighted by Gasteiger charge is -2.10. The molecule has 2 N–H and O–H groups in total. The summed E-state index contributed by atoms with van der Waals surface area (Å²) < 4.78 is 0. The second-order valence-electron chi connectivity index (χ2n) is 3.48. The summed E-state index contributed by atoms with van der Waals surface area (Å²) in [6.45, 7) is 3.39. The summed E-state index contributed by atoms with van der Waals surface area (Å²) in [5.74, 6) is 0.785. The quantitative estimate of drug-likeness (QED) is 0.726. The molecule has 1 saturated heterocycles. The molecule has 0 aromatic carbocycles. The van der Waals surface area contributed by atoms with E-state index in [1.54, 1.807) is 0 Å². The molecule has 70 valence electrons. The minimum atomic E-state index is 0.785. The second-order valence-corrected chi connectivity index (χ2v) is 3.48. The highest BCUT2D eigenvalue weighted by Crippen LogP contribution is 2.09. The highest BCUT2D eigenvalue weighted by Gasteiger charge is 2.13. The second kappa shape index (κ2) is 4.23. The number of hydrogen-bond donors (Lipinski definition) is 2. The number of rotatable bonds is 3. The van der Waals surface area contributed by atoms with Crippen LogP contribution in [0.5, 0.6) is 0 Å².